The number of ether oxygens (including phenoxy) is 2. The minimum Gasteiger partial charge on any atom is -0.489 e. The number of hydrogen-bond acceptors (Lipinski definition) is 7. The van der Waals surface area contributed by atoms with Gasteiger partial charge in [0.1, 0.15) is 5.75 Å². The maximum atomic E-state index is 13.0. The predicted molar refractivity (Wildman–Crippen MR) is 129 cm³/mol. The topological polar surface area (TPSA) is 121 Å². The number of nitrogens with one attached hydrogen (secondary N) is 2. The van der Waals surface area contributed by atoms with Crippen molar-refractivity contribution in [2.45, 2.75) is 50.9 Å². The van der Waals surface area contributed by atoms with E-state index in [9.17, 15) is 13.2 Å². The van der Waals surface area contributed by atoms with Crippen LogP contribution in [0.3, 0.4) is 0 Å². The standard InChI is InChI=1S/C24H30N4O5S/c1-16(2)32-23-10-5-19(12-25)11-22(23)26-13-24(29)27-20-6-8-21(9-7-20)34(30,31)28-14-17(3)33-18(4)15-28/h5-11,16-18,26H,13-15H2,1-4H3,(H,27,29). The van der Waals surface area contributed by atoms with Crippen molar-refractivity contribution in [3.05, 3.63) is 48.0 Å². The van der Waals surface area contributed by atoms with Gasteiger partial charge < -0.3 is 20.1 Å². The summed E-state index contributed by atoms with van der Waals surface area (Å²) in [6, 6.07) is 13.1. The van der Waals surface area contributed by atoms with Crippen molar-refractivity contribution < 1.29 is 22.7 Å². The Morgan fingerprint density at radius 2 is 1.82 bits per heavy atom. The van der Waals surface area contributed by atoms with Crippen LogP contribution in [-0.2, 0) is 19.6 Å². The molecule has 10 heteroatoms. The van der Waals surface area contributed by atoms with Gasteiger partial charge in [0.25, 0.3) is 0 Å². The summed E-state index contributed by atoms with van der Waals surface area (Å²) < 4.78 is 38.7. The predicted octanol–water partition coefficient (Wildman–Crippen LogP) is 3.19. The third kappa shape index (κ3) is 6.47. The fourth-order valence-electron chi connectivity index (χ4n) is 3.66. The molecule has 2 aromatic rings. The zero-order chi connectivity index (χ0) is 24.9. The van der Waals surface area contributed by atoms with Gasteiger partial charge in [-0.25, -0.2) is 8.42 Å². The first-order valence-electron chi connectivity index (χ1n) is 11.1. The fraction of sp³-hybridized carbons (Fsp3) is 0.417. The van der Waals surface area contributed by atoms with Crippen LogP contribution in [0.15, 0.2) is 47.4 Å². The van der Waals surface area contributed by atoms with Crippen molar-refractivity contribution >= 4 is 27.3 Å². The monoisotopic (exact) mass is 486 g/mol. The maximum absolute atomic E-state index is 13.0. The number of rotatable bonds is 8. The lowest BCUT2D eigenvalue weighted by atomic mass is 10.2. The first-order chi connectivity index (χ1) is 16.1. The Balaban J connectivity index is 1.63. The van der Waals surface area contributed by atoms with E-state index in [2.05, 4.69) is 16.7 Å². The molecular weight excluding hydrogens is 456 g/mol. The molecule has 0 aromatic heterocycles. The summed E-state index contributed by atoms with van der Waals surface area (Å²) in [5, 5.41) is 14.9. The molecule has 1 fully saturated rings. The zero-order valence-electron chi connectivity index (χ0n) is 19.7. The Morgan fingerprint density at radius 3 is 2.41 bits per heavy atom. The van der Waals surface area contributed by atoms with Gasteiger partial charge in [-0.1, -0.05) is 0 Å². The Morgan fingerprint density at radius 1 is 1.18 bits per heavy atom. The highest BCUT2D eigenvalue weighted by Gasteiger charge is 2.32. The molecule has 182 valence electrons. The molecule has 1 saturated heterocycles. The second kappa shape index (κ2) is 10.9. The number of hydrogen-bond donors (Lipinski definition) is 2. The van der Waals surface area contributed by atoms with E-state index in [-0.39, 0.29) is 35.7 Å². The molecule has 0 radical (unpaired) electrons. The number of nitrogens with zero attached hydrogens (tertiary/aromatic N) is 2. The summed E-state index contributed by atoms with van der Waals surface area (Å²) >= 11 is 0. The number of amides is 1. The van der Waals surface area contributed by atoms with Crippen LogP contribution >= 0.6 is 0 Å². The summed E-state index contributed by atoms with van der Waals surface area (Å²) in [7, 11) is -3.65. The molecule has 1 amide bonds. The minimum absolute atomic E-state index is 0.0626. The van der Waals surface area contributed by atoms with Crippen LogP contribution < -0.4 is 15.4 Å². The van der Waals surface area contributed by atoms with Gasteiger partial charge in [-0.15, -0.1) is 0 Å². The quantitative estimate of drug-likeness (QED) is 0.588. The molecule has 0 spiro atoms. The van der Waals surface area contributed by atoms with Gasteiger partial charge >= 0.3 is 0 Å². The third-order valence-electron chi connectivity index (χ3n) is 5.07. The Kier molecular flexibility index (Phi) is 8.15. The number of carbonyl (C=O) groups excluding carboxylic acids is 1. The number of benzene rings is 2. The molecule has 1 aliphatic heterocycles. The molecule has 1 aliphatic rings. The van der Waals surface area contributed by atoms with Gasteiger partial charge in [0.2, 0.25) is 15.9 Å². The van der Waals surface area contributed by atoms with E-state index in [1.54, 1.807) is 30.3 Å². The normalized spacial score (nSPS) is 18.8. The highest BCUT2D eigenvalue weighted by Crippen LogP contribution is 2.27. The SMILES string of the molecule is CC(C)Oc1ccc(C#N)cc1NCC(=O)Nc1ccc(S(=O)(=O)N2CC(C)OC(C)C2)cc1. The molecule has 34 heavy (non-hydrogen) atoms. The van der Waals surface area contributed by atoms with Crippen LogP contribution in [0.4, 0.5) is 11.4 Å². The number of anilines is 2. The lowest BCUT2D eigenvalue weighted by molar-refractivity contribution is -0.114. The minimum atomic E-state index is -3.65. The zero-order valence-corrected chi connectivity index (χ0v) is 20.6. The molecular formula is C24H30N4O5S. The lowest BCUT2D eigenvalue weighted by Crippen LogP contribution is -2.48. The average molecular weight is 487 g/mol. The van der Waals surface area contributed by atoms with Gasteiger partial charge in [0.05, 0.1) is 47.1 Å². The summed E-state index contributed by atoms with van der Waals surface area (Å²) in [6.07, 6.45) is -0.421. The summed E-state index contributed by atoms with van der Waals surface area (Å²) in [5.41, 5.74) is 1.46. The molecule has 2 N–H and O–H groups in total. The van der Waals surface area contributed by atoms with Gasteiger partial charge in [-0.3, -0.25) is 4.79 Å². The van der Waals surface area contributed by atoms with Crippen molar-refractivity contribution in [1.29, 1.82) is 5.26 Å². The molecule has 1 heterocycles. The van der Waals surface area contributed by atoms with Crippen LogP contribution in [0, 0.1) is 11.3 Å². The van der Waals surface area contributed by atoms with Crippen LogP contribution in [0.5, 0.6) is 5.75 Å². The second-order valence-electron chi connectivity index (χ2n) is 8.49. The van der Waals surface area contributed by atoms with Crippen molar-refractivity contribution in [2.75, 3.05) is 30.3 Å². The van der Waals surface area contributed by atoms with E-state index in [4.69, 9.17) is 14.7 Å². The number of morpholine rings is 1. The van der Waals surface area contributed by atoms with Crippen molar-refractivity contribution in [1.82, 2.24) is 4.31 Å². The van der Waals surface area contributed by atoms with Crippen LogP contribution in [0.1, 0.15) is 33.3 Å². The molecule has 9 nitrogen and oxygen atoms in total. The van der Waals surface area contributed by atoms with E-state index < -0.39 is 10.0 Å². The summed E-state index contributed by atoms with van der Waals surface area (Å²) in [5.74, 6) is 0.215. The van der Waals surface area contributed by atoms with E-state index in [1.165, 1.54) is 16.4 Å². The molecule has 0 bridgehead atoms. The summed E-state index contributed by atoms with van der Waals surface area (Å²) in [4.78, 5) is 12.6. The highest BCUT2D eigenvalue weighted by atomic mass is 32.2. The van der Waals surface area contributed by atoms with Crippen molar-refractivity contribution in [2.24, 2.45) is 0 Å². The van der Waals surface area contributed by atoms with Crippen LogP contribution in [0.25, 0.3) is 0 Å². The first kappa shape index (κ1) is 25.5. The fourth-order valence-corrected chi connectivity index (χ4v) is 5.25. The third-order valence-corrected chi connectivity index (χ3v) is 6.92. The van der Waals surface area contributed by atoms with E-state index in [1.807, 2.05) is 27.7 Å². The van der Waals surface area contributed by atoms with E-state index >= 15 is 0 Å². The van der Waals surface area contributed by atoms with E-state index in [0.29, 0.717) is 35.8 Å². The number of carbonyl (C=O) groups is 1. The van der Waals surface area contributed by atoms with Gasteiger partial charge in [-0.2, -0.15) is 9.57 Å². The number of nitriles is 1. The van der Waals surface area contributed by atoms with Crippen molar-refractivity contribution in [3.8, 4) is 11.8 Å². The molecule has 0 aliphatic carbocycles. The molecule has 2 atom stereocenters. The van der Waals surface area contributed by atoms with Crippen molar-refractivity contribution in [3.63, 3.8) is 0 Å². The number of sulfonamides is 1. The van der Waals surface area contributed by atoms with Crippen LogP contribution in [-0.4, -0.2) is 56.6 Å². The molecule has 0 saturated carbocycles. The van der Waals surface area contributed by atoms with E-state index in [0.717, 1.165) is 0 Å². The Labute approximate surface area is 200 Å². The maximum Gasteiger partial charge on any atom is 0.243 e. The van der Waals surface area contributed by atoms with Gasteiger partial charge in [-0.05, 0) is 70.2 Å². The Bertz CT molecular complexity index is 1150. The molecule has 2 unspecified atom stereocenters. The largest absolute Gasteiger partial charge is 0.489 e. The smallest absolute Gasteiger partial charge is 0.243 e. The lowest BCUT2D eigenvalue weighted by Gasteiger charge is -2.34. The summed E-state index contributed by atoms with van der Waals surface area (Å²) in [6.45, 7) is 8.00. The van der Waals surface area contributed by atoms with Gasteiger partial charge in [0, 0.05) is 18.8 Å². The average Bonchev–Trinajstić information content (AvgIpc) is 2.77. The second-order valence-corrected chi connectivity index (χ2v) is 10.4. The molecule has 3 rings (SSSR count). The first-order valence-corrected chi connectivity index (χ1v) is 12.5. The Hall–Kier alpha value is -3.13. The molecule has 2 aromatic carbocycles. The van der Waals surface area contributed by atoms with Crippen LogP contribution in [0.2, 0.25) is 0 Å². The highest BCUT2D eigenvalue weighted by molar-refractivity contribution is 7.89. The van der Waals surface area contributed by atoms with Gasteiger partial charge in [0.15, 0.2) is 0 Å².